The van der Waals surface area contributed by atoms with Crippen molar-refractivity contribution in [2.75, 3.05) is 17.1 Å². The first kappa shape index (κ1) is 15.0. The number of hydrogen-bond acceptors (Lipinski definition) is 3. The minimum Gasteiger partial charge on any atom is -0.387 e. The summed E-state index contributed by atoms with van der Waals surface area (Å²) < 4.78 is 40.7. The molecule has 2 N–H and O–H groups in total. The van der Waals surface area contributed by atoms with Gasteiger partial charge in [-0.25, -0.2) is 12.8 Å². The van der Waals surface area contributed by atoms with Gasteiger partial charge in [-0.15, -0.1) is 0 Å². The normalized spacial score (nSPS) is 11.2. The Balaban J connectivity index is 2.41. The lowest BCUT2D eigenvalue weighted by Crippen LogP contribution is -2.15. The van der Waals surface area contributed by atoms with Gasteiger partial charge in [0, 0.05) is 10.6 Å². The van der Waals surface area contributed by atoms with Gasteiger partial charge in [0.25, 0.3) is 10.0 Å². The van der Waals surface area contributed by atoms with E-state index in [1.807, 2.05) is 22.6 Å². The SMILES string of the molecule is CNc1ccccc1S(=O)(=O)Nc1ccc(F)cc1I. The Morgan fingerprint density at radius 1 is 1.10 bits per heavy atom. The van der Waals surface area contributed by atoms with E-state index in [2.05, 4.69) is 10.0 Å². The van der Waals surface area contributed by atoms with Gasteiger partial charge in [-0.05, 0) is 52.9 Å². The van der Waals surface area contributed by atoms with Crippen LogP contribution in [0.4, 0.5) is 15.8 Å². The molecule has 106 valence electrons. The van der Waals surface area contributed by atoms with Crippen molar-refractivity contribution in [3.05, 3.63) is 51.9 Å². The summed E-state index contributed by atoms with van der Waals surface area (Å²) in [6, 6.07) is 10.4. The molecule has 0 atom stereocenters. The zero-order valence-corrected chi connectivity index (χ0v) is 13.5. The van der Waals surface area contributed by atoms with E-state index in [1.54, 1.807) is 25.2 Å². The van der Waals surface area contributed by atoms with Crippen LogP contribution in [-0.4, -0.2) is 15.5 Å². The van der Waals surface area contributed by atoms with E-state index in [4.69, 9.17) is 0 Å². The molecule has 0 radical (unpaired) electrons. The van der Waals surface area contributed by atoms with Crippen LogP contribution in [0.3, 0.4) is 0 Å². The van der Waals surface area contributed by atoms with Crippen molar-refractivity contribution in [2.45, 2.75) is 4.90 Å². The third-order valence-electron chi connectivity index (χ3n) is 2.62. The smallest absolute Gasteiger partial charge is 0.263 e. The van der Waals surface area contributed by atoms with Crippen molar-refractivity contribution in [1.82, 2.24) is 0 Å². The van der Waals surface area contributed by atoms with Crippen molar-refractivity contribution >= 4 is 44.0 Å². The quantitative estimate of drug-likeness (QED) is 0.767. The topological polar surface area (TPSA) is 58.2 Å². The van der Waals surface area contributed by atoms with E-state index < -0.39 is 15.8 Å². The zero-order valence-electron chi connectivity index (χ0n) is 10.5. The predicted octanol–water partition coefficient (Wildman–Crippen LogP) is 3.27. The summed E-state index contributed by atoms with van der Waals surface area (Å²) in [4.78, 5) is 0.141. The molecule has 0 aromatic heterocycles. The Labute approximate surface area is 130 Å². The van der Waals surface area contributed by atoms with Gasteiger partial charge < -0.3 is 5.32 Å². The third kappa shape index (κ3) is 3.21. The summed E-state index contributed by atoms with van der Waals surface area (Å²) in [7, 11) is -2.08. The second kappa shape index (κ2) is 5.96. The molecule has 0 amide bonds. The molecular weight excluding hydrogens is 394 g/mol. The van der Waals surface area contributed by atoms with Crippen LogP contribution in [0.15, 0.2) is 47.4 Å². The van der Waals surface area contributed by atoms with Crippen molar-refractivity contribution in [1.29, 1.82) is 0 Å². The average molecular weight is 406 g/mol. The molecule has 0 fully saturated rings. The molecule has 0 unspecified atom stereocenters. The van der Waals surface area contributed by atoms with Gasteiger partial charge in [-0.1, -0.05) is 12.1 Å². The molecule has 0 aliphatic rings. The van der Waals surface area contributed by atoms with Crippen LogP contribution in [-0.2, 0) is 10.0 Å². The summed E-state index contributed by atoms with van der Waals surface area (Å²) in [5, 5.41) is 2.83. The largest absolute Gasteiger partial charge is 0.387 e. The number of benzene rings is 2. The van der Waals surface area contributed by atoms with Crippen LogP contribution < -0.4 is 10.0 Å². The molecular formula is C13H12FIN2O2S. The molecule has 0 saturated carbocycles. The molecule has 0 spiro atoms. The molecule has 0 aliphatic heterocycles. The van der Waals surface area contributed by atoms with Gasteiger partial charge in [0.05, 0.1) is 11.4 Å². The Morgan fingerprint density at radius 3 is 2.45 bits per heavy atom. The highest BCUT2D eigenvalue weighted by Gasteiger charge is 2.18. The van der Waals surface area contributed by atoms with Gasteiger partial charge in [0.1, 0.15) is 10.7 Å². The standard InChI is InChI=1S/C13H12FIN2O2S/c1-16-12-4-2-3-5-13(12)20(18,19)17-11-7-6-9(14)8-10(11)15/h2-8,16-17H,1H3. The molecule has 0 heterocycles. The number of sulfonamides is 1. The van der Waals surface area contributed by atoms with Crippen molar-refractivity contribution in [3.63, 3.8) is 0 Å². The first-order chi connectivity index (χ1) is 9.44. The molecule has 2 aromatic carbocycles. The van der Waals surface area contributed by atoms with E-state index in [0.717, 1.165) is 0 Å². The Bertz CT molecular complexity index is 735. The second-order valence-corrected chi connectivity index (χ2v) is 6.79. The molecule has 20 heavy (non-hydrogen) atoms. The lowest BCUT2D eigenvalue weighted by atomic mass is 10.3. The van der Waals surface area contributed by atoms with E-state index in [1.165, 1.54) is 24.3 Å². The number of nitrogens with one attached hydrogen (secondary N) is 2. The number of para-hydroxylation sites is 1. The van der Waals surface area contributed by atoms with Crippen molar-refractivity contribution < 1.29 is 12.8 Å². The number of rotatable bonds is 4. The molecule has 4 nitrogen and oxygen atoms in total. The highest BCUT2D eigenvalue weighted by molar-refractivity contribution is 14.1. The van der Waals surface area contributed by atoms with E-state index in [9.17, 15) is 12.8 Å². The first-order valence-corrected chi connectivity index (χ1v) is 8.25. The lowest BCUT2D eigenvalue weighted by Gasteiger charge is -2.13. The number of hydrogen-bond donors (Lipinski definition) is 2. The van der Waals surface area contributed by atoms with E-state index in [-0.39, 0.29) is 4.90 Å². The second-order valence-electron chi connectivity index (χ2n) is 3.98. The van der Waals surface area contributed by atoms with Gasteiger partial charge in [0.15, 0.2) is 0 Å². The minimum absolute atomic E-state index is 0.141. The Kier molecular flexibility index (Phi) is 4.48. The zero-order chi connectivity index (χ0) is 14.8. The summed E-state index contributed by atoms with van der Waals surface area (Å²) in [5.74, 6) is -0.409. The average Bonchev–Trinajstić information content (AvgIpc) is 2.42. The first-order valence-electron chi connectivity index (χ1n) is 5.68. The molecule has 0 bridgehead atoms. The van der Waals surface area contributed by atoms with E-state index in [0.29, 0.717) is 14.9 Å². The van der Waals surface area contributed by atoms with Gasteiger partial charge in [0.2, 0.25) is 0 Å². The number of anilines is 2. The van der Waals surface area contributed by atoms with E-state index >= 15 is 0 Å². The van der Waals surface area contributed by atoms with Crippen LogP contribution in [0.2, 0.25) is 0 Å². The maximum Gasteiger partial charge on any atom is 0.263 e. The third-order valence-corrected chi connectivity index (χ3v) is 4.94. The summed E-state index contributed by atoms with van der Waals surface area (Å²) >= 11 is 1.88. The fraction of sp³-hybridized carbons (Fsp3) is 0.0769. The monoisotopic (exact) mass is 406 g/mol. The van der Waals surface area contributed by atoms with Gasteiger partial charge >= 0.3 is 0 Å². The Morgan fingerprint density at radius 2 is 1.80 bits per heavy atom. The molecule has 0 saturated heterocycles. The molecule has 2 aromatic rings. The summed E-state index contributed by atoms with van der Waals surface area (Å²) in [5.41, 5.74) is 0.843. The van der Waals surface area contributed by atoms with Crippen LogP contribution in [0, 0.1) is 9.39 Å². The summed E-state index contributed by atoms with van der Waals surface area (Å²) in [6.07, 6.45) is 0. The van der Waals surface area contributed by atoms with Crippen molar-refractivity contribution in [2.24, 2.45) is 0 Å². The fourth-order valence-electron chi connectivity index (χ4n) is 1.68. The van der Waals surface area contributed by atoms with Gasteiger partial charge in [-0.2, -0.15) is 0 Å². The van der Waals surface area contributed by atoms with Crippen molar-refractivity contribution in [3.8, 4) is 0 Å². The molecule has 2 rings (SSSR count). The predicted molar refractivity (Wildman–Crippen MR) is 85.9 cm³/mol. The molecule has 0 aliphatic carbocycles. The highest BCUT2D eigenvalue weighted by atomic mass is 127. The van der Waals surface area contributed by atoms with Crippen LogP contribution in [0.1, 0.15) is 0 Å². The maximum atomic E-state index is 13.0. The van der Waals surface area contributed by atoms with Crippen LogP contribution in [0.5, 0.6) is 0 Å². The highest BCUT2D eigenvalue weighted by Crippen LogP contribution is 2.26. The van der Waals surface area contributed by atoms with Crippen LogP contribution >= 0.6 is 22.6 Å². The van der Waals surface area contributed by atoms with Gasteiger partial charge in [-0.3, -0.25) is 4.72 Å². The molecule has 7 heteroatoms. The summed E-state index contributed by atoms with van der Waals surface area (Å²) in [6.45, 7) is 0. The fourth-order valence-corrected chi connectivity index (χ4v) is 3.77. The minimum atomic E-state index is -3.73. The lowest BCUT2D eigenvalue weighted by molar-refractivity contribution is 0.601. The van der Waals surface area contributed by atoms with Crippen LogP contribution in [0.25, 0.3) is 0 Å². The maximum absolute atomic E-state index is 13.0. The number of halogens is 2. The Hall–Kier alpha value is -1.35.